The molecule has 0 bridgehead atoms. The molecule has 3 aromatic rings. The zero-order chi connectivity index (χ0) is 18.0. The topological polar surface area (TPSA) is 68.5 Å². The molecule has 0 unspecified atom stereocenters. The highest BCUT2D eigenvalue weighted by Crippen LogP contribution is 2.36. The number of hydrogen-bond donors (Lipinski definition) is 1. The first-order valence-corrected chi connectivity index (χ1v) is 8.52. The molecule has 0 fully saturated rings. The Morgan fingerprint density at radius 3 is 2.40 bits per heavy atom. The van der Waals surface area contributed by atoms with Gasteiger partial charge in [0.05, 0.1) is 7.11 Å². The Morgan fingerprint density at radius 1 is 1.08 bits per heavy atom. The third-order valence-corrected chi connectivity index (χ3v) is 4.63. The molecule has 0 aliphatic heterocycles. The molecule has 0 saturated heterocycles. The average Bonchev–Trinajstić information content (AvgIpc) is 3.21. The Hall–Kier alpha value is -2.86. The molecule has 25 heavy (non-hydrogen) atoms. The quantitative estimate of drug-likeness (QED) is 0.691. The van der Waals surface area contributed by atoms with E-state index in [1.165, 1.54) is 18.4 Å². The van der Waals surface area contributed by atoms with Gasteiger partial charge < -0.3 is 14.5 Å². The highest BCUT2D eigenvalue weighted by molar-refractivity contribution is 7.15. The third-order valence-electron chi connectivity index (χ3n) is 3.73. The fourth-order valence-electron chi connectivity index (χ4n) is 2.42. The maximum Gasteiger partial charge on any atom is 0.341 e. The monoisotopic (exact) mass is 355 g/mol. The number of hydrogen-bond acceptors (Lipinski definition) is 5. The van der Waals surface area contributed by atoms with Crippen LogP contribution in [0.3, 0.4) is 0 Å². The highest BCUT2D eigenvalue weighted by Gasteiger charge is 2.23. The molecule has 0 aliphatic rings. The largest absolute Gasteiger partial charge is 0.465 e. The first-order valence-electron chi connectivity index (χ1n) is 7.64. The summed E-state index contributed by atoms with van der Waals surface area (Å²) in [4.78, 5) is 24.6. The van der Waals surface area contributed by atoms with Crippen LogP contribution in [0.1, 0.15) is 32.2 Å². The lowest BCUT2D eigenvalue weighted by molar-refractivity contribution is 0.0603. The molecule has 5 nitrogen and oxygen atoms in total. The summed E-state index contributed by atoms with van der Waals surface area (Å²) in [5, 5.41) is 5.01. The summed E-state index contributed by atoms with van der Waals surface area (Å²) in [6.07, 6.45) is 0. The van der Waals surface area contributed by atoms with Gasteiger partial charge in [0.1, 0.15) is 16.3 Å². The van der Waals surface area contributed by atoms with E-state index in [1.807, 2.05) is 36.6 Å². The van der Waals surface area contributed by atoms with E-state index in [4.69, 9.17) is 9.15 Å². The predicted molar refractivity (Wildman–Crippen MR) is 97.2 cm³/mol. The second-order valence-electron chi connectivity index (χ2n) is 5.58. The zero-order valence-electron chi connectivity index (χ0n) is 14.1. The van der Waals surface area contributed by atoms with E-state index in [9.17, 15) is 9.59 Å². The number of rotatable bonds is 4. The smallest absolute Gasteiger partial charge is 0.341 e. The minimum atomic E-state index is -0.497. The predicted octanol–water partition coefficient (Wildman–Crippen LogP) is 4.66. The number of benzene rings is 1. The summed E-state index contributed by atoms with van der Waals surface area (Å²) >= 11 is 1.27. The minimum absolute atomic E-state index is 0.193. The van der Waals surface area contributed by atoms with Crippen molar-refractivity contribution in [2.45, 2.75) is 13.8 Å². The number of carbonyl (C=O) groups excluding carboxylic acids is 2. The number of thiophene rings is 1. The molecular formula is C19H17NO4S. The van der Waals surface area contributed by atoms with E-state index in [0.29, 0.717) is 16.3 Å². The summed E-state index contributed by atoms with van der Waals surface area (Å²) in [6, 6.07) is 11.1. The number of methoxy groups -OCH3 is 1. The summed E-state index contributed by atoms with van der Waals surface area (Å²) in [5.41, 5.74) is 3.08. The van der Waals surface area contributed by atoms with Gasteiger partial charge >= 0.3 is 5.97 Å². The molecule has 128 valence electrons. The second kappa shape index (κ2) is 6.94. The van der Waals surface area contributed by atoms with Crippen LogP contribution in [-0.2, 0) is 4.74 Å². The average molecular weight is 355 g/mol. The number of carbonyl (C=O) groups is 2. The molecule has 1 amide bonds. The van der Waals surface area contributed by atoms with Crippen molar-refractivity contribution >= 4 is 28.2 Å². The number of furan rings is 1. The number of amides is 1. The lowest BCUT2D eigenvalue weighted by Crippen LogP contribution is -2.13. The van der Waals surface area contributed by atoms with Gasteiger partial charge in [0.2, 0.25) is 0 Å². The molecule has 1 aromatic carbocycles. The van der Waals surface area contributed by atoms with Gasteiger partial charge in [0, 0.05) is 10.9 Å². The first-order chi connectivity index (χ1) is 12.0. The summed E-state index contributed by atoms with van der Waals surface area (Å²) in [6.45, 7) is 3.76. The van der Waals surface area contributed by atoms with Gasteiger partial charge in [-0.1, -0.05) is 29.8 Å². The molecule has 1 N–H and O–H groups in total. The van der Waals surface area contributed by atoms with Crippen LogP contribution in [0, 0.1) is 13.8 Å². The standard InChI is InChI=1S/C19H17NO4S/c1-11-4-7-13(8-5-11)14-10-25-18(16(14)19(22)23-3)20-17(21)15-9-6-12(2)24-15/h4-10H,1-3H3,(H,20,21). The van der Waals surface area contributed by atoms with Crippen LogP contribution in [0.5, 0.6) is 0 Å². The molecule has 0 spiro atoms. The minimum Gasteiger partial charge on any atom is -0.465 e. The SMILES string of the molecule is COC(=O)c1c(-c2ccc(C)cc2)csc1NC(=O)c1ccc(C)o1. The third kappa shape index (κ3) is 3.49. The van der Waals surface area contributed by atoms with Gasteiger partial charge in [-0.25, -0.2) is 4.79 Å². The zero-order valence-corrected chi connectivity index (χ0v) is 14.9. The molecule has 2 aromatic heterocycles. The van der Waals surface area contributed by atoms with E-state index in [2.05, 4.69) is 5.32 Å². The fraction of sp³-hybridized carbons (Fsp3) is 0.158. The Labute approximate surface area is 149 Å². The highest BCUT2D eigenvalue weighted by atomic mass is 32.1. The summed E-state index contributed by atoms with van der Waals surface area (Å²) in [7, 11) is 1.32. The van der Waals surface area contributed by atoms with Gasteiger partial charge in [-0.05, 0) is 31.5 Å². The Bertz CT molecular complexity index is 921. The van der Waals surface area contributed by atoms with Crippen LogP contribution in [0.2, 0.25) is 0 Å². The maximum atomic E-state index is 12.3. The van der Waals surface area contributed by atoms with Crippen molar-refractivity contribution in [3.8, 4) is 11.1 Å². The molecule has 0 aliphatic carbocycles. The maximum absolute atomic E-state index is 12.3. The number of aryl methyl sites for hydroxylation is 2. The molecule has 0 radical (unpaired) electrons. The van der Waals surface area contributed by atoms with Crippen LogP contribution < -0.4 is 5.32 Å². The van der Waals surface area contributed by atoms with Crippen molar-refractivity contribution in [1.82, 2.24) is 0 Å². The van der Waals surface area contributed by atoms with Crippen molar-refractivity contribution in [3.63, 3.8) is 0 Å². The van der Waals surface area contributed by atoms with Gasteiger partial charge in [-0.15, -0.1) is 11.3 Å². The van der Waals surface area contributed by atoms with Crippen LogP contribution in [0.15, 0.2) is 46.2 Å². The van der Waals surface area contributed by atoms with Gasteiger partial charge in [0.25, 0.3) is 5.91 Å². The first kappa shape index (κ1) is 17.0. The van der Waals surface area contributed by atoms with Crippen molar-refractivity contribution in [3.05, 3.63) is 64.4 Å². The van der Waals surface area contributed by atoms with Gasteiger partial charge in [0.15, 0.2) is 5.76 Å². The lowest BCUT2D eigenvalue weighted by atomic mass is 10.0. The molecule has 3 rings (SSSR count). The van der Waals surface area contributed by atoms with Crippen molar-refractivity contribution in [1.29, 1.82) is 0 Å². The summed E-state index contributed by atoms with van der Waals surface area (Å²) < 4.78 is 10.2. The van der Waals surface area contributed by atoms with Crippen molar-refractivity contribution < 1.29 is 18.7 Å². The Kier molecular flexibility index (Phi) is 4.72. The molecule has 2 heterocycles. The van der Waals surface area contributed by atoms with Crippen LogP contribution in [0.25, 0.3) is 11.1 Å². The normalized spacial score (nSPS) is 10.5. The lowest BCUT2D eigenvalue weighted by Gasteiger charge is -2.07. The number of nitrogens with one attached hydrogen (secondary N) is 1. The van der Waals surface area contributed by atoms with E-state index >= 15 is 0 Å². The Morgan fingerprint density at radius 2 is 1.80 bits per heavy atom. The van der Waals surface area contributed by atoms with E-state index in [1.54, 1.807) is 19.1 Å². The number of ether oxygens (including phenoxy) is 1. The van der Waals surface area contributed by atoms with Crippen LogP contribution in [0.4, 0.5) is 5.00 Å². The second-order valence-corrected chi connectivity index (χ2v) is 6.46. The Balaban J connectivity index is 1.98. The number of esters is 1. The van der Waals surface area contributed by atoms with E-state index in [0.717, 1.165) is 16.7 Å². The molecule has 6 heteroatoms. The van der Waals surface area contributed by atoms with E-state index in [-0.39, 0.29) is 5.76 Å². The van der Waals surface area contributed by atoms with Crippen molar-refractivity contribution in [2.24, 2.45) is 0 Å². The van der Waals surface area contributed by atoms with Gasteiger partial charge in [-0.3, -0.25) is 4.79 Å². The van der Waals surface area contributed by atoms with Gasteiger partial charge in [-0.2, -0.15) is 0 Å². The molecular weight excluding hydrogens is 338 g/mol. The number of anilines is 1. The van der Waals surface area contributed by atoms with E-state index < -0.39 is 11.9 Å². The molecule has 0 saturated carbocycles. The fourth-order valence-corrected chi connectivity index (χ4v) is 3.37. The summed E-state index contributed by atoms with van der Waals surface area (Å²) in [5.74, 6) is -0.0678. The van der Waals surface area contributed by atoms with Crippen molar-refractivity contribution in [2.75, 3.05) is 12.4 Å². The van der Waals surface area contributed by atoms with Crippen LogP contribution in [-0.4, -0.2) is 19.0 Å². The molecule has 0 atom stereocenters. The van der Waals surface area contributed by atoms with Crippen LogP contribution >= 0.6 is 11.3 Å².